The topological polar surface area (TPSA) is 29.3 Å². The van der Waals surface area contributed by atoms with Gasteiger partial charge in [0.05, 0.1) is 0 Å². The summed E-state index contributed by atoms with van der Waals surface area (Å²) < 4.78 is 0. The first kappa shape index (κ1) is 14.4. The first-order valence-electron chi connectivity index (χ1n) is 7.67. The van der Waals surface area contributed by atoms with Gasteiger partial charge in [-0.2, -0.15) is 0 Å². The van der Waals surface area contributed by atoms with Crippen molar-refractivity contribution in [2.24, 2.45) is 11.7 Å². The minimum Gasteiger partial charge on any atom is -0.371 e. The van der Waals surface area contributed by atoms with Gasteiger partial charge in [0.1, 0.15) is 0 Å². The number of benzene rings is 1. The Hall–Kier alpha value is -1.02. The molecule has 2 nitrogen and oxygen atoms in total. The van der Waals surface area contributed by atoms with Gasteiger partial charge in [-0.3, -0.25) is 0 Å². The van der Waals surface area contributed by atoms with Crippen LogP contribution < -0.4 is 10.6 Å². The predicted octanol–water partition coefficient (Wildman–Crippen LogP) is 3.65. The van der Waals surface area contributed by atoms with E-state index in [-0.39, 0.29) is 0 Å². The Morgan fingerprint density at radius 2 is 1.95 bits per heavy atom. The van der Waals surface area contributed by atoms with E-state index < -0.39 is 0 Å². The fraction of sp³-hybridized carbons (Fsp3) is 0.647. The highest BCUT2D eigenvalue weighted by Crippen LogP contribution is 2.28. The van der Waals surface area contributed by atoms with Crippen molar-refractivity contribution in [3.63, 3.8) is 0 Å². The standard InChI is InChI=1S/C17H28N2/c1-4-16(18)6-5-15-7-8-19(12-15)17-10-13(2)9-14(3)11-17/h9-11,15-16H,4-8,12,18H2,1-3H3. The fourth-order valence-corrected chi connectivity index (χ4v) is 3.09. The molecular formula is C17H28N2. The smallest absolute Gasteiger partial charge is 0.0371 e. The maximum absolute atomic E-state index is 6.02. The van der Waals surface area contributed by atoms with E-state index in [2.05, 4.69) is 43.9 Å². The summed E-state index contributed by atoms with van der Waals surface area (Å²) in [5.74, 6) is 0.832. The van der Waals surface area contributed by atoms with Gasteiger partial charge in [0.2, 0.25) is 0 Å². The highest BCUT2D eigenvalue weighted by atomic mass is 15.1. The maximum Gasteiger partial charge on any atom is 0.0371 e. The zero-order valence-corrected chi connectivity index (χ0v) is 12.7. The van der Waals surface area contributed by atoms with Crippen molar-refractivity contribution in [1.82, 2.24) is 0 Å². The fourth-order valence-electron chi connectivity index (χ4n) is 3.09. The Morgan fingerprint density at radius 3 is 2.58 bits per heavy atom. The van der Waals surface area contributed by atoms with Crippen LogP contribution >= 0.6 is 0 Å². The number of nitrogens with two attached hydrogens (primary N) is 1. The summed E-state index contributed by atoms with van der Waals surface area (Å²) >= 11 is 0. The summed E-state index contributed by atoms with van der Waals surface area (Å²) in [5.41, 5.74) is 10.2. The van der Waals surface area contributed by atoms with Gasteiger partial charge < -0.3 is 10.6 Å². The van der Waals surface area contributed by atoms with Crippen LogP contribution in [0.3, 0.4) is 0 Å². The van der Waals surface area contributed by atoms with E-state index in [9.17, 15) is 0 Å². The average Bonchev–Trinajstić information content (AvgIpc) is 2.83. The number of nitrogens with zero attached hydrogens (tertiary/aromatic N) is 1. The molecule has 0 saturated carbocycles. The van der Waals surface area contributed by atoms with Crippen molar-refractivity contribution >= 4 is 5.69 Å². The number of hydrogen-bond donors (Lipinski definition) is 1. The van der Waals surface area contributed by atoms with E-state index in [0.29, 0.717) is 6.04 Å². The Morgan fingerprint density at radius 1 is 1.26 bits per heavy atom. The molecule has 2 heteroatoms. The van der Waals surface area contributed by atoms with E-state index >= 15 is 0 Å². The lowest BCUT2D eigenvalue weighted by Crippen LogP contribution is -2.22. The van der Waals surface area contributed by atoms with Crippen molar-refractivity contribution < 1.29 is 0 Å². The van der Waals surface area contributed by atoms with E-state index in [1.165, 1.54) is 49.2 Å². The second-order valence-electron chi connectivity index (χ2n) is 6.19. The van der Waals surface area contributed by atoms with Crippen molar-refractivity contribution in [2.45, 2.75) is 52.5 Å². The summed E-state index contributed by atoms with van der Waals surface area (Å²) in [6, 6.07) is 7.27. The Kier molecular flexibility index (Phi) is 4.87. The predicted molar refractivity (Wildman–Crippen MR) is 83.7 cm³/mol. The second-order valence-corrected chi connectivity index (χ2v) is 6.19. The molecular weight excluding hydrogens is 232 g/mol. The Labute approximate surface area is 118 Å². The van der Waals surface area contributed by atoms with Crippen LogP contribution in [0.2, 0.25) is 0 Å². The largest absolute Gasteiger partial charge is 0.371 e. The van der Waals surface area contributed by atoms with Gasteiger partial charge >= 0.3 is 0 Å². The summed E-state index contributed by atoms with van der Waals surface area (Å²) in [7, 11) is 0. The summed E-state index contributed by atoms with van der Waals surface area (Å²) in [4.78, 5) is 2.54. The quantitative estimate of drug-likeness (QED) is 0.875. The van der Waals surface area contributed by atoms with Gasteiger partial charge in [-0.1, -0.05) is 13.0 Å². The van der Waals surface area contributed by atoms with Gasteiger partial charge in [-0.05, 0) is 68.7 Å². The molecule has 2 N–H and O–H groups in total. The minimum absolute atomic E-state index is 0.398. The Bertz CT molecular complexity index is 393. The van der Waals surface area contributed by atoms with E-state index in [1.54, 1.807) is 0 Å². The molecule has 2 atom stereocenters. The first-order valence-corrected chi connectivity index (χ1v) is 7.67. The number of aryl methyl sites for hydroxylation is 2. The van der Waals surface area contributed by atoms with Gasteiger partial charge in [-0.15, -0.1) is 0 Å². The Balaban J connectivity index is 1.90. The average molecular weight is 260 g/mol. The molecule has 0 bridgehead atoms. The van der Waals surface area contributed by atoms with Crippen LogP contribution in [-0.2, 0) is 0 Å². The molecule has 106 valence electrons. The van der Waals surface area contributed by atoms with E-state index in [0.717, 1.165) is 12.3 Å². The molecule has 1 aromatic carbocycles. The van der Waals surface area contributed by atoms with Crippen LogP contribution in [0.5, 0.6) is 0 Å². The lowest BCUT2D eigenvalue weighted by Gasteiger charge is -2.20. The number of anilines is 1. The third-order valence-electron chi connectivity index (χ3n) is 4.33. The molecule has 0 amide bonds. The monoisotopic (exact) mass is 260 g/mol. The van der Waals surface area contributed by atoms with Crippen LogP contribution in [0.4, 0.5) is 5.69 Å². The van der Waals surface area contributed by atoms with Crippen LogP contribution in [0, 0.1) is 19.8 Å². The molecule has 0 aromatic heterocycles. The van der Waals surface area contributed by atoms with E-state index in [4.69, 9.17) is 5.73 Å². The zero-order valence-electron chi connectivity index (χ0n) is 12.7. The molecule has 1 aliphatic heterocycles. The first-order chi connectivity index (χ1) is 9.08. The molecule has 0 aliphatic carbocycles. The van der Waals surface area contributed by atoms with Gasteiger partial charge in [0.25, 0.3) is 0 Å². The molecule has 1 saturated heterocycles. The molecule has 0 radical (unpaired) electrons. The third kappa shape index (κ3) is 3.97. The molecule has 1 aliphatic rings. The van der Waals surface area contributed by atoms with Gasteiger partial charge in [0.15, 0.2) is 0 Å². The van der Waals surface area contributed by atoms with Crippen molar-refractivity contribution in [1.29, 1.82) is 0 Å². The normalized spacial score (nSPS) is 20.8. The van der Waals surface area contributed by atoms with Crippen molar-refractivity contribution in [2.75, 3.05) is 18.0 Å². The molecule has 1 fully saturated rings. The van der Waals surface area contributed by atoms with Crippen LogP contribution in [-0.4, -0.2) is 19.1 Å². The summed E-state index contributed by atoms with van der Waals surface area (Å²) in [6.07, 6.45) is 4.90. The minimum atomic E-state index is 0.398. The number of rotatable bonds is 5. The van der Waals surface area contributed by atoms with Crippen molar-refractivity contribution in [3.05, 3.63) is 29.3 Å². The SMILES string of the molecule is CCC(N)CCC1CCN(c2cc(C)cc(C)c2)C1. The molecule has 1 aromatic rings. The third-order valence-corrected chi connectivity index (χ3v) is 4.33. The van der Waals surface area contributed by atoms with Crippen LogP contribution in [0.1, 0.15) is 43.7 Å². The lowest BCUT2D eigenvalue weighted by atomic mass is 9.98. The zero-order chi connectivity index (χ0) is 13.8. The molecule has 2 unspecified atom stereocenters. The van der Waals surface area contributed by atoms with Crippen molar-refractivity contribution in [3.8, 4) is 0 Å². The molecule has 0 spiro atoms. The van der Waals surface area contributed by atoms with Crippen LogP contribution in [0.25, 0.3) is 0 Å². The maximum atomic E-state index is 6.02. The number of hydrogen-bond acceptors (Lipinski definition) is 2. The summed E-state index contributed by atoms with van der Waals surface area (Å²) in [6.45, 7) is 8.96. The second kappa shape index (κ2) is 6.42. The summed E-state index contributed by atoms with van der Waals surface area (Å²) in [5, 5.41) is 0. The van der Waals surface area contributed by atoms with Gasteiger partial charge in [0, 0.05) is 24.8 Å². The molecule has 1 heterocycles. The van der Waals surface area contributed by atoms with E-state index in [1.807, 2.05) is 0 Å². The molecule has 19 heavy (non-hydrogen) atoms. The van der Waals surface area contributed by atoms with Crippen LogP contribution in [0.15, 0.2) is 18.2 Å². The highest BCUT2D eigenvalue weighted by Gasteiger charge is 2.23. The van der Waals surface area contributed by atoms with Gasteiger partial charge in [-0.25, -0.2) is 0 Å². The lowest BCUT2D eigenvalue weighted by molar-refractivity contribution is 0.464. The highest BCUT2D eigenvalue weighted by molar-refractivity contribution is 5.51. The molecule has 2 rings (SSSR count).